The number of aryl methyl sites for hydroxylation is 1. The van der Waals surface area contributed by atoms with Crippen molar-refractivity contribution in [1.29, 1.82) is 0 Å². The average molecular weight is 167 g/mol. The number of hydrogen-bond acceptors (Lipinski definition) is 2. The smallest absolute Gasteiger partial charge is 0.122 e. The number of hydrogen-bond donors (Lipinski definition) is 1. The molecule has 0 saturated heterocycles. The molecule has 2 N–H and O–H groups in total. The number of nitrogens with zero attached hydrogens (tertiary/aromatic N) is 2. The van der Waals surface area contributed by atoms with E-state index in [0.717, 1.165) is 11.5 Å². The third-order valence-corrected chi connectivity index (χ3v) is 2.15. The molecule has 0 aromatic carbocycles. The second-order valence-corrected chi connectivity index (χ2v) is 3.42. The summed E-state index contributed by atoms with van der Waals surface area (Å²) in [7, 11) is 2.03. The Balaban J connectivity index is 3.19. The van der Waals surface area contributed by atoms with E-state index < -0.39 is 0 Å². The molecule has 1 aromatic rings. The van der Waals surface area contributed by atoms with Gasteiger partial charge in [-0.1, -0.05) is 13.8 Å². The lowest BCUT2D eigenvalue weighted by molar-refractivity contribution is 0.701. The Morgan fingerprint density at radius 2 is 2.08 bits per heavy atom. The van der Waals surface area contributed by atoms with Crippen LogP contribution >= 0.6 is 0 Å². The van der Waals surface area contributed by atoms with Gasteiger partial charge in [-0.2, -0.15) is 0 Å². The Morgan fingerprint density at radius 3 is 2.33 bits per heavy atom. The molecular weight excluding hydrogens is 150 g/mol. The Morgan fingerprint density at radius 1 is 1.50 bits per heavy atom. The van der Waals surface area contributed by atoms with Gasteiger partial charge in [0.1, 0.15) is 5.82 Å². The molecule has 1 heterocycles. The van der Waals surface area contributed by atoms with E-state index in [4.69, 9.17) is 5.73 Å². The van der Waals surface area contributed by atoms with Gasteiger partial charge in [0.25, 0.3) is 0 Å². The highest BCUT2D eigenvalue weighted by Gasteiger charge is 2.12. The zero-order valence-electron chi connectivity index (χ0n) is 8.26. The van der Waals surface area contributed by atoms with Crippen LogP contribution in [-0.4, -0.2) is 9.55 Å². The SMILES string of the molecule is Cc1nc(CN)n(C)c1C(C)C. The monoisotopic (exact) mass is 167 g/mol. The molecule has 0 spiro atoms. The summed E-state index contributed by atoms with van der Waals surface area (Å²) in [5.74, 6) is 1.49. The highest BCUT2D eigenvalue weighted by Crippen LogP contribution is 2.18. The van der Waals surface area contributed by atoms with Gasteiger partial charge in [-0.25, -0.2) is 4.98 Å². The lowest BCUT2D eigenvalue weighted by Crippen LogP contribution is -2.07. The molecule has 0 atom stereocenters. The number of aromatic nitrogens is 2. The maximum Gasteiger partial charge on any atom is 0.122 e. The topological polar surface area (TPSA) is 43.8 Å². The van der Waals surface area contributed by atoms with E-state index in [1.54, 1.807) is 0 Å². The second-order valence-electron chi connectivity index (χ2n) is 3.42. The molecule has 12 heavy (non-hydrogen) atoms. The van der Waals surface area contributed by atoms with E-state index in [1.165, 1.54) is 5.69 Å². The van der Waals surface area contributed by atoms with Crippen molar-refractivity contribution in [3.05, 3.63) is 17.2 Å². The van der Waals surface area contributed by atoms with Crippen LogP contribution in [0.5, 0.6) is 0 Å². The first kappa shape index (κ1) is 9.26. The molecule has 0 unspecified atom stereocenters. The van der Waals surface area contributed by atoms with E-state index in [1.807, 2.05) is 14.0 Å². The Hall–Kier alpha value is -0.830. The van der Waals surface area contributed by atoms with Gasteiger partial charge in [0.15, 0.2) is 0 Å². The summed E-state index contributed by atoms with van der Waals surface area (Å²) in [6.07, 6.45) is 0. The standard InChI is InChI=1S/C9H17N3/c1-6(2)9-7(3)11-8(5-10)12(9)4/h6H,5,10H2,1-4H3. The van der Waals surface area contributed by atoms with Crippen molar-refractivity contribution in [1.82, 2.24) is 9.55 Å². The quantitative estimate of drug-likeness (QED) is 0.721. The molecule has 3 nitrogen and oxygen atoms in total. The van der Waals surface area contributed by atoms with Gasteiger partial charge < -0.3 is 10.3 Å². The van der Waals surface area contributed by atoms with Crippen molar-refractivity contribution in [2.45, 2.75) is 33.2 Å². The van der Waals surface area contributed by atoms with Crippen LogP contribution in [0.2, 0.25) is 0 Å². The Bertz CT molecular complexity index is 274. The number of rotatable bonds is 2. The van der Waals surface area contributed by atoms with Gasteiger partial charge in [0.2, 0.25) is 0 Å². The van der Waals surface area contributed by atoms with Crippen molar-refractivity contribution in [3.8, 4) is 0 Å². The van der Waals surface area contributed by atoms with Gasteiger partial charge >= 0.3 is 0 Å². The molecule has 0 aliphatic heterocycles. The third-order valence-electron chi connectivity index (χ3n) is 2.15. The summed E-state index contributed by atoms with van der Waals surface area (Å²) in [4.78, 5) is 4.39. The van der Waals surface area contributed by atoms with Crippen molar-refractivity contribution in [2.24, 2.45) is 12.8 Å². The normalized spacial score (nSPS) is 11.2. The van der Waals surface area contributed by atoms with Gasteiger partial charge in [-0.3, -0.25) is 0 Å². The molecule has 0 amide bonds. The van der Waals surface area contributed by atoms with Crippen molar-refractivity contribution >= 4 is 0 Å². The molecule has 0 aliphatic carbocycles. The summed E-state index contributed by atoms with van der Waals surface area (Å²) in [5, 5.41) is 0. The first-order valence-corrected chi connectivity index (χ1v) is 4.30. The lowest BCUT2D eigenvalue weighted by atomic mass is 10.1. The van der Waals surface area contributed by atoms with Gasteiger partial charge in [-0.15, -0.1) is 0 Å². The predicted molar refractivity (Wildman–Crippen MR) is 49.9 cm³/mol. The van der Waals surface area contributed by atoms with Crippen LogP contribution in [0.25, 0.3) is 0 Å². The van der Waals surface area contributed by atoms with Gasteiger partial charge in [-0.05, 0) is 12.8 Å². The second kappa shape index (κ2) is 3.27. The molecule has 0 fully saturated rings. The maximum atomic E-state index is 5.55. The summed E-state index contributed by atoms with van der Waals surface area (Å²) < 4.78 is 2.10. The van der Waals surface area contributed by atoms with E-state index in [2.05, 4.69) is 23.4 Å². The molecule has 0 bridgehead atoms. The lowest BCUT2D eigenvalue weighted by Gasteiger charge is -2.08. The minimum atomic E-state index is 0.516. The van der Waals surface area contributed by atoms with Gasteiger partial charge in [0.05, 0.1) is 12.2 Å². The zero-order chi connectivity index (χ0) is 9.30. The van der Waals surface area contributed by atoms with Crippen molar-refractivity contribution in [2.75, 3.05) is 0 Å². The molecule has 1 rings (SSSR count). The van der Waals surface area contributed by atoms with E-state index in [9.17, 15) is 0 Å². The van der Waals surface area contributed by atoms with Gasteiger partial charge in [0, 0.05) is 12.7 Å². The average Bonchev–Trinajstić information content (AvgIpc) is 2.25. The van der Waals surface area contributed by atoms with Crippen LogP contribution in [0.15, 0.2) is 0 Å². The fourth-order valence-electron chi connectivity index (χ4n) is 1.70. The summed E-state index contributed by atoms with van der Waals surface area (Å²) in [6.45, 7) is 6.90. The van der Waals surface area contributed by atoms with Crippen LogP contribution in [0, 0.1) is 6.92 Å². The van der Waals surface area contributed by atoms with Crippen LogP contribution in [-0.2, 0) is 13.6 Å². The summed E-state index contributed by atoms with van der Waals surface area (Å²) in [5.41, 5.74) is 7.94. The molecule has 0 aliphatic rings. The van der Waals surface area contributed by atoms with Crippen LogP contribution in [0.1, 0.15) is 37.0 Å². The summed E-state index contributed by atoms with van der Waals surface area (Å²) in [6, 6.07) is 0. The highest BCUT2D eigenvalue weighted by molar-refractivity contribution is 5.18. The highest BCUT2D eigenvalue weighted by atomic mass is 15.1. The number of imidazole rings is 1. The largest absolute Gasteiger partial charge is 0.334 e. The van der Waals surface area contributed by atoms with Crippen LogP contribution in [0.3, 0.4) is 0 Å². The molecule has 68 valence electrons. The van der Waals surface area contributed by atoms with Crippen LogP contribution < -0.4 is 5.73 Å². The van der Waals surface area contributed by atoms with Crippen molar-refractivity contribution in [3.63, 3.8) is 0 Å². The third kappa shape index (κ3) is 1.37. The molecule has 0 radical (unpaired) electrons. The van der Waals surface area contributed by atoms with E-state index in [-0.39, 0.29) is 0 Å². The minimum absolute atomic E-state index is 0.516. The minimum Gasteiger partial charge on any atom is -0.334 e. The summed E-state index contributed by atoms with van der Waals surface area (Å²) >= 11 is 0. The van der Waals surface area contributed by atoms with E-state index >= 15 is 0 Å². The van der Waals surface area contributed by atoms with E-state index in [0.29, 0.717) is 12.5 Å². The molecule has 3 heteroatoms. The fraction of sp³-hybridized carbons (Fsp3) is 0.667. The van der Waals surface area contributed by atoms with Crippen LogP contribution in [0.4, 0.5) is 0 Å². The Labute approximate surface area is 73.6 Å². The zero-order valence-corrected chi connectivity index (χ0v) is 8.26. The molecule has 0 saturated carbocycles. The first-order valence-electron chi connectivity index (χ1n) is 4.30. The number of nitrogens with two attached hydrogens (primary N) is 1. The maximum absolute atomic E-state index is 5.55. The fourth-order valence-corrected chi connectivity index (χ4v) is 1.70. The first-order chi connectivity index (χ1) is 5.57. The molecule has 1 aromatic heterocycles. The molecular formula is C9H17N3. The Kier molecular flexibility index (Phi) is 2.52. The predicted octanol–water partition coefficient (Wildman–Crippen LogP) is 1.31. The van der Waals surface area contributed by atoms with Crippen molar-refractivity contribution < 1.29 is 0 Å².